The van der Waals surface area contributed by atoms with Gasteiger partial charge >= 0.3 is 0 Å². The molecule has 0 radical (unpaired) electrons. The van der Waals surface area contributed by atoms with Crippen LogP contribution in [0, 0.1) is 0 Å². The van der Waals surface area contributed by atoms with E-state index in [4.69, 9.17) is 5.11 Å². The summed E-state index contributed by atoms with van der Waals surface area (Å²) < 4.78 is 0. The van der Waals surface area contributed by atoms with Gasteiger partial charge in [-0.3, -0.25) is 9.59 Å². The van der Waals surface area contributed by atoms with Crippen molar-refractivity contribution in [2.45, 2.75) is 0 Å². The number of fused-ring (bicyclic) bond motifs is 2. The number of hydrogen-bond acceptors (Lipinski definition) is 4. The molecule has 0 atom stereocenters. The van der Waals surface area contributed by atoms with E-state index in [1.807, 2.05) is 0 Å². The number of benzene rings is 2. The number of anilines is 1. The molecule has 0 saturated heterocycles. The topological polar surface area (TPSA) is 66.4 Å². The van der Waals surface area contributed by atoms with Crippen LogP contribution < -0.4 is 5.32 Å². The Balaban J connectivity index is 2.18. The van der Waals surface area contributed by atoms with Crippen LogP contribution in [0.2, 0.25) is 0 Å². The van der Waals surface area contributed by atoms with Gasteiger partial charge in [0.2, 0.25) is 0 Å². The number of nitrogens with one attached hydrogen (secondary N) is 1. The highest BCUT2D eigenvalue weighted by molar-refractivity contribution is 6.30. The molecule has 2 aromatic rings. The first kappa shape index (κ1) is 12.6. The van der Waals surface area contributed by atoms with Crippen molar-refractivity contribution in [3.8, 4) is 0 Å². The second-order valence-corrected chi connectivity index (χ2v) is 4.58. The van der Waals surface area contributed by atoms with Gasteiger partial charge in [0.25, 0.3) is 0 Å². The van der Waals surface area contributed by atoms with Gasteiger partial charge in [-0.2, -0.15) is 0 Å². The van der Waals surface area contributed by atoms with Gasteiger partial charge in [0, 0.05) is 28.9 Å². The predicted molar refractivity (Wildman–Crippen MR) is 75.3 cm³/mol. The van der Waals surface area contributed by atoms with Crippen LogP contribution in [0.5, 0.6) is 0 Å². The lowest BCUT2D eigenvalue weighted by Gasteiger charge is -2.20. The van der Waals surface area contributed by atoms with Crippen molar-refractivity contribution in [2.24, 2.45) is 0 Å². The molecule has 0 heterocycles. The van der Waals surface area contributed by atoms with Crippen LogP contribution in [-0.2, 0) is 0 Å². The first-order valence-electron chi connectivity index (χ1n) is 6.40. The molecule has 3 rings (SSSR count). The average Bonchev–Trinajstić information content (AvgIpc) is 2.50. The lowest BCUT2D eigenvalue weighted by molar-refractivity contribution is 0.0979. The third-order valence-electron chi connectivity index (χ3n) is 3.38. The smallest absolute Gasteiger partial charge is 0.196 e. The molecule has 0 aliphatic heterocycles. The summed E-state index contributed by atoms with van der Waals surface area (Å²) >= 11 is 0. The van der Waals surface area contributed by atoms with Gasteiger partial charge in [-0.05, 0) is 6.07 Å². The van der Waals surface area contributed by atoms with Crippen LogP contribution in [0.25, 0.3) is 0 Å². The van der Waals surface area contributed by atoms with Crippen LogP contribution in [0.1, 0.15) is 31.8 Å². The number of hydrogen-bond donors (Lipinski definition) is 2. The van der Waals surface area contributed by atoms with Crippen molar-refractivity contribution >= 4 is 17.3 Å². The maximum absolute atomic E-state index is 12.6. The molecule has 2 N–H and O–H groups in total. The number of aliphatic hydroxyl groups excluding tert-OH is 1. The average molecular weight is 267 g/mol. The Hall–Kier alpha value is -2.46. The lowest BCUT2D eigenvalue weighted by Crippen LogP contribution is -2.23. The molecule has 0 amide bonds. The third kappa shape index (κ3) is 1.82. The van der Waals surface area contributed by atoms with Crippen molar-refractivity contribution in [3.05, 3.63) is 64.7 Å². The Morgan fingerprint density at radius 3 is 2.20 bits per heavy atom. The van der Waals surface area contributed by atoms with Crippen molar-refractivity contribution < 1.29 is 14.7 Å². The van der Waals surface area contributed by atoms with E-state index in [9.17, 15) is 9.59 Å². The fourth-order valence-electron chi connectivity index (χ4n) is 2.48. The number of ketones is 2. The Kier molecular flexibility index (Phi) is 3.08. The summed E-state index contributed by atoms with van der Waals surface area (Å²) in [6.45, 7) is 0.294. The molecule has 0 saturated carbocycles. The van der Waals surface area contributed by atoms with Crippen LogP contribution in [0.4, 0.5) is 5.69 Å². The van der Waals surface area contributed by atoms with E-state index in [1.165, 1.54) is 0 Å². The zero-order chi connectivity index (χ0) is 14.1. The number of carbonyl (C=O) groups is 2. The van der Waals surface area contributed by atoms with Crippen LogP contribution >= 0.6 is 0 Å². The molecule has 0 fully saturated rings. The Bertz CT molecular complexity index is 707. The summed E-state index contributed by atoms with van der Waals surface area (Å²) in [6.07, 6.45) is 0. The molecular formula is C16H13NO3. The second kappa shape index (κ2) is 4.90. The van der Waals surface area contributed by atoms with Crippen LogP contribution in [0.3, 0.4) is 0 Å². The summed E-state index contributed by atoms with van der Waals surface area (Å²) in [5.41, 5.74) is 2.28. The van der Waals surface area contributed by atoms with Gasteiger partial charge < -0.3 is 10.4 Å². The largest absolute Gasteiger partial charge is 0.395 e. The quantitative estimate of drug-likeness (QED) is 0.760. The summed E-state index contributed by atoms with van der Waals surface area (Å²) in [6, 6.07) is 12.0. The number of carbonyl (C=O) groups excluding carboxylic acids is 2. The normalized spacial score (nSPS) is 12.8. The highest BCUT2D eigenvalue weighted by atomic mass is 16.3. The predicted octanol–water partition coefficient (Wildman–Crippen LogP) is 1.87. The van der Waals surface area contributed by atoms with Crippen molar-refractivity contribution in [1.82, 2.24) is 0 Å². The number of rotatable bonds is 3. The SMILES string of the molecule is O=C1c2ccccc2C(=O)c2c(NCCO)cccc21. The third-order valence-corrected chi connectivity index (χ3v) is 3.38. The highest BCUT2D eigenvalue weighted by Gasteiger charge is 2.30. The molecule has 0 aromatic heterocycles. The van der Waals surface area contributed by atoms with Gasteiger partial charge in [0.05, 0.1) is 12.2 Å². The molecule has 1 aliphatic carbocycles. The van der Waals surface area contributed by atoms with Crippen LogP contribution in [0.15, 0.2) is 42.5 Å². The minimum absolute atomic E-state index is 0.0393. The fraction of sp³-hybridized carbons (Fsp3) is 0.125. The highest BCUT2D eigenvalue weighted by Crippen LogP contribution is 2.31. The summed E-state index contributed by atoms with van der Waals surface area (Å²) in [7, 11) is 0. The molecule has 0 spiro atoms. The van der Waals surface area contributed by atoms with E-state index in [2.05, 4.69) is 5.32 Å². The monoisotopic (exact) mass is 267 g/mol. The zero-order valence-corrected chi connectivity index (χ0v) is 10.7. The molecule has 4 nitrogen and oxygen atoms in total. The van der Waals surface area contributed by atoms with Gasteiger partial charge in [-0.1, -0.05) is 36.4 Å². The van der Waals surface area contributed by atoms with Gasteiger partial charge in [-0.25, -0.2) is 0 Å². The standard InChI is InChI=1S/C16H13NO3/c18-9-8-17-13-7-3-6-12-14(13)16(20)11-5-2-1-4-10(11)15(12)19/h1-7,17-18H,8-9H2. The first-order valence-corrected chi connectivity index (χ1v) is 6.40. The van der Waals surface area contributed by atoms with E-state index >= 15 is 0 Å². The van der Waals surface area contributed by atoms with E-state index in [1.54, 1.807) is 42.5 Å². The molecule has 1 aliphatic rings. The van der Waals surface area contributed by atoms with E-state index < -0.39 is 0 Å². The van der Waals surface area contributed by atoms with Crippen molar-refractivity contribution in [1.29, 1.82) is 0 Å². The maximum Gasteiger partial charge on any atom is 0.196 e. The zero-order valence-electron chi connectivity index (χ0n) is 10.7. The Labute approximate surface area is 116 Å². The maximum atomic E-state index is 12.6. The molecule has 20 heavy (non-hydrogen) atoms. The molecule has 0 bridgehead atoms. The fourth-order valence-corrected chi connectivity index (χ4v) is 2.48. The summed E-state index contributed by atoms with van der Waals surface area (Å²) in [5.74, 6) is -0.293. The van der Waals surface area contributed by atoms with Crippen molar-refractivity contribution in [3.63, 3.8) is 0 Å². The van der Waals surface area contributed by atoms with Gasteiger partial charge in [0.15, 0.2) is 11.6 Å². The summed E-state index contributed by atoms with van der Waals surface area (Å²) in [4.78, 5) is 25.0. The first-order chi connectivity index (χ1) is 9.74. The molecule has 0 unspecified atom stereocenters. The van der Waals surface area contributed by atoms with E-state index in [0.717, 1.165) is 0 Å². The molecule has 4 heteroatoms. The Morgan fingerprint density at radius 2 is 1.50 bits per heavy atom. The minimum atomic E-state index is -0.156. The summed E-state index contributed by atoms with van der Waals surface area (Å²) in [5, 5.41) is 11.9. The number of aliphatic hydroxyl groups is 1. The minimum Gasteiger partial charge on any atom is -0.395 e. The van der Waals surface area contributed by atoms with Crippen LogP contribution in [-0.4, -0.2) is 29.8 Å². The molecule has 2 aromatic carbocycles. The van der Waals surface area contributed by atoms with Gasteiger partial charge in [-0.15, -0.1) is 0 Å². The van der Waals surface area contributed by atoms with Crippen molar-refractivity contribution in [2.75, 3.05) is 18.5 Å². The molecule has 100 valence electrons. The van der Waals surface area contributed by atoms with Gasteiger partial charge in [0.1, 0.15) is 0 Å². The van der Waals surface area contributed by atoms with E-state index in [0.29, 0.717) is 34.5 Å². The lowest BCUT2D eigenvalue weighted by atomic mass is 9.83. The van der Waals surface area contributed by atoms with E-state index in [-0.39, 0.29) is 18.2 Å². The molecular weight excluding hydrogens is 254 g/mol. The Morgan fingerprint density at radius 1 is 0.850 bits per heavy atom. The second-order valence-electron chi connectivity index (χ2n) is 4.58.